The van der Waals surface area contributed by atoms with E-state index < -0.39 is 44.9 Å². The molecule has 2 aliphatic heterocycles. The number of hydrogen-bond donors (Lipinski definition) is 5. The fraction of sp³-hybridized carbons (Fsp3) is 0.478. The van der Waals surface area contributed by atoms with Crippen molar-refractivity contribution in [2.24, 2.45) is 0 Å². The summed E-state index contributed by atoms with van der Waals surface area (Å²) in [5.74, 6) is 0.749. The van der Waals surface area contributed by atoms with Crippen LogP contribution in [-0.2, 0) is 25.0 Å². The van der Waals surface area contributed by atoms with Crippen molar-refractivity contribution in [3.05, 3.63) is 64.2 Å². The maximum atomic E-state index is 11.0. The van der Waals surface area contributed by atoms with Crippen LogP contribution in [0.2, 0.25) is 5.02 Å². The maximum Gasteiger partial charge on any atom is 0.469 e. The van der Waals surface area contributed by atoms with Gasteiger partial charge < -0.3 is 55.7 Å². The lowest BCUT2D eigenvalue weighted by molar-refractivity contribution is -0.230. The van der Waals surface area contributed by atoms with Crippen molar-refractivity contribution < 1.29 is 64.8 Å². The molecular weight excluding hydrogens is 551 g/mol. The molecule has 0 bridgehead atoms. The van der Waals surface area contributed by atoms with Gasteiger partial charge in [-0.2, -0.15) is 0 Å². The zero-order valence-corrected chi connectivity index (χ0v) is 21.8. The predicted molar refractivity (Wildman–Crippen MR) is 135 cm³/mol. The van der Waals surface area contributed by atoms with Crippen LogP contribution in [0, 0.1) is 0 Å². The lowest BCUT2D eigenvalue weighted by Crippen LogP contribution is -2.55. The van der Waals surface area contributed by atoms with Crippen LogP contribution in [0.5, 0.6) is 5.75 Å². The third-order valence-electron chi connectivity index (χ3n) is 6.03. The normalized spacial score (nSPS) is 27.0. The molecule has 15 heteroatoms. The molecule has 2 heterocycles. The summed E-state index contributed by atoms with van der Waals surface area (Å²) < 4.78 is 32.4. The fourth-order valence-corrected chi connectivity index (χ4v) is 4.67. The molecule has 0 aromatic heterocycles. The van der Waals surface area contributed by atoms with E-state index in [1.165, 1.54) is 0 Å². The van der Waals surface area contributed by atoms with Crippen LogP contribution in [0.1, 0.15) is 29.2 Å². The Morgan fingerprint density at radius 2 is 1.66 bits per heavy atom. The summed E-state index contributed by atoms with van der Waals surface area (Å²) in [7, 11) is -4.82. The van der Waals surface area contributed by atoms with Crippen LogP contribution in [0.25, 0.3) is 0 Å². The maximum absolute atomic E-state index is 11.0. The third kappa shape index (κ3) is 8.66. The highest BCUT2D eigenvalue weighted by atomic mass is 35.5. The van der Waals surface area contributed by atoms with E-state index in [2.05, 4.69) is 4.52 Å². The van der Waals surface area contributed by atoms with Gasteiger partial charge in [0.15, 0.2) is 0 Å². The Bertz CT molecular complexity index is 1040. The van der Waals surface area contributed by atoms with Gasteiger partial charge in [-0.15, -0.1) is 0 Å². The van der Waals surface area contributed by atoms with E-state index in [0.717, 1.165) is 23.3 Å². The van der Waals surface area contributed by atoms with Gasteiger partial charge in [0.2, 0.25) is 0 Å². The first-order valence-electron chi connectivity index (χ1n) is 11.1. The van der Waals surface area contributed by atoms with Gasteiger partial charge in [-0.3, -0.25) is 4.52 Å². The molecule has 2 saturated heterocycles. The lowest BCUT2D eigenvalue weighted by Gasteiger charge is -2.40. The van der Waals surface area contributed by atoms with Crippen LogP contribution in [-0.4, -0.2) is 91.9 Å². The summed E-state index contributed by atoms with van der Waals surface area (Å²) in [4.78, 5) is 17.9. The molecular formula is C23H34ClO13P. The molecule has 38 heavy (non-hydrogen) atoms. The average Bonchev–Trinajstić information content (AvgIpc) is 3.32. The number of ether oxygens (including phenoxy) is 3. The highest BCUT2D eigenvalue weighted by Crippen LogP contribution is 2.39. The van der Waals surface area contributed by atoms with Gasteiger partial charge in [0, 0.05) is 11.4 Å². The van der Waals surface area contributed by atoms with Crippen molar-refractivity contribution in [1.29, 1.82) is 0 Å². The average molecular weight is 585 g/mol. The zero-order valence-electron chi connectivity index (χ0n) is 20.1. The number of halogens is 1. The smallest absolute Gasteiger partial charge is 0.469 e. The number of phosphoric acid groups is 1. The molecule has 11 N–H and O–H groups in total. The minimum Gasteiger partial charge on any atom is -0.488 e. The summed E-state index contributed by atoms with van der Waals surface area (Å²) in [5, 5.41) is 31.5. The number of hydrogen-bond acceptors (Lipinski definition) is 8. The first-order chi connectivity index (χ1) is 16.6. The second-order valence-electron chi connectivity index (χ2n) is 8.63. The minimum absolute atomic E-state index is 0. The molecule has 13 nitrogen and oxygen atoms in total. The predicted octanol–water partition coefficient (Wildman–Crippen LogP) is -0.744. The molecule has 0 radical (unpaired) electrons. The molecule has 0 saturated carbocycles. The van der Waals surface area contributed by atoms with Crippen molar-refractivity contribution in [1.82, 2.24) is 0 Å². The molecule has 216 valence electrons. The quantitative estimate of drug-likeness (QED) is 0.243. The van der Waals surface area contributed by atoms with Crippen molar-refractivity contribution in [2.45, 2.75) is 49.5 Å². The van der Waals surface area contributed by atoms with Gasteiger partial charge in [0.05, 0.1) is 19.8 Å². The summed E-state index contributed by atoms with van der Waals surface area (Å²) in [6, 6.07) is 12.6. The summed E-state index contributed by atoms with van der Waals surface area (Å²) >= 11 is 6.41. The van der Waals surface area contributed by atoms with Crippen LogP contribution in [0.4, 0.5) is 0 Å². The SMILES string of the molecule is O.O.O.O=P(O)(O)OC[C@H]1O[C@@H](c2ccc(Cl)c(Cc3ccc(O[C@@H]4CCOC4)cc3)c2)[C@H](O)[C@@H](O)[C@@H]1O. The van der Waals surface area contributed by atoms with E-state index in [1.54, 1.807) is 18.2 Å². The standard InChI is InChI=1S/C23H28ClO10P.3H2O/c24-18-6-3-14(23-22(27)21(26)20(25)19(34-23)12-32-35(28,29)30)10-15(18)9-13-1-4-16(5-2-13)33-17-7-8-31-11-17;;;/h1-6,10,17,19-23,25-27H,7-9,11-12H2,(H2,28,29,30);3*1H2/t17-,19-,20-,21+,22-,23+;;;/m1.../s1. The molecule has 0 aliphatic carbocycles. The highest BCUT2D eigenvalue weighted by Gasteiger charge is 2.45. The van der Waals surface area contributed by atoms with Crippen molar-refractivity contribution in [3.8, 4) is 5.75 Å². The Labute approximate surface area is 223 Å². The largest absolute Gasteiger partial charge is 0.488 e. The molecule has 2 aromatic carbocycles. The topological polar surface area (TPSA) is 250 Å². The van der Waals surface area contributed by atoms with Gasteiger partial charge in [-0.25, -0.2) is 4.57 Å². The van der Waals surface area contributed by atoms with Crippen LogP contribution in [0.15, 0.2) is 42.5 Å². The zero-order chi connectivity index (χ0) is 25.2. The highest BCUT2D eigenvalue weighted by molar-refractivity contribution is 7.46. The molecule has 0 amide bonds. The fourth-order valence-electron chi connectivity index (χ4n) is 4.15. The van der Waals surface area contributed by atoms with Crippen LogP contribution >= 0.6 is 19.4 Å². The number of phosphoric ester groups is 1. The molecule has 2 aromatic rings. The van der Waals surface area contributed by atoms with Crippen LogP contribution < -0.4 is 4.74 Å². The Morgan fingerprint density at radius 3 is 2.26 bits per heavy atom. The van der Waals surface area contributed by atoms with Gasteiger partial charge in [-0.1, -0.05) is 35.9 Å². The number of rotatable bonds is 8. The first kappa shape index (κ1) is 34.3. The van der Waals surface area contributed by atoms with Crippen LogP contribution in [0.3, 0.4) is 0 Å². The van der Waals surface area contributed by atoms with Crippen molar-refractivity contribution >= 4 is 19.4 Å². The summed E-state index contributed by atoms with van der Waals surface area (Å²) in [5.41, 5.74) is 2.18. The second kappa shape index (κ2) is 14.6. The van der Waals surface area contributed by atoms with Gasteiger partial charge in [-0.05, 0) is 41.3 Å². The van der Waals surface area contributed by atoms with Gasteiger partial charge >= 0.3 is 7.82 Å². The molecule has 4 rings (SSSR count). The second-order valence-corrected chi connectivity index (χ2v) is 10.3. The van der Waals surface area contributed by atoms with E-state index in [0.29, 0.717) is 30.2 Å². The first-order valence-corrected chi connectivity index (χ1v) is 13.0. The molecule has 2 aliphatic rings. The van der Waals surface area contributed by atoms with E-state index in [-0.39, 0.29) is 22.5 Å². The van der Waals surface area contributed by atoms with E-state index in [9.17, 15) is 19.9 Å². The molecule has 0 spiro atoms. The number of aliphatic hydroxyl groups is 3. The Hall–Kier alpha value is -1.68. The molecule has 0 unspecified atom stereocenters. The Balaban J connectivity index is 0.00000241. The number of aliphatic hydroxyl groups excluding tert-OH is 3. The Morgan fingerprint density at radius 1 is 0.974 bits per heavy atom. The minimum atomic E-state index is -4.82. The lowest BCUT2D eigenvalue weighted by atomic mass is 9.90. The van der Waals surface area contributed by atoms with Gasteiger partial charge in [0.25, 0.3) is 0 Å². The van der Waals surface area contributed by atoms with E-state index in [4.69, 9.17) is 35.6 Å². The summed E-state index contributed by atoms with van der Waals surface area (Å²) in [6.07, 6.45) is -5.68. The Kier molecular flexibility index (Phi) is 13.2. The monoisotopic (exact) mass is 584 g/mol. The molecule has 2 fully saturated rings. The third-order valence-corrected chi connectivity index (χ3v) is 6.88. The molecule has 6 atom stereocenters. The van der Waals surface area contributed by atoms with Crippen molar-refractivity contribution in [3.63, 3.8) is 0 Å². The number of benzene rings is 2. The van der Waals surface area contributed by atoms with Crippen molar-refractivity contribution in [2.75, 3.05) is 19.8 Å². The van der Waals surface area contributed by atoms with E-state index in [1.807, 2.05) is 24.3 Å². The van der Waals surface area contributed by atoms with E-state index >= 15 is 0 Å². The van der Waals surface area contributed by atoms with Gasteiger partial charge in [0.1, 0.15) is 42.4 Å². The summed E-state index contributed by atoms with van der Waals surface area (Å²) in [6.45, 7) is 0.606.